The molecule has 1 fully saturated rings. The molecular weight excluding hydrogens is 270 g/mol. The van der Waals surface area contributed by atoms with E-state index in [0.29, 0.717) is 6.61 Å². The number of hydrogen-bond donors (Lipinski definition) is 1. The van der Waals surface area contributed by atoms with Gasteiger partial charge in [0.25, 0.3) is 0 Å². The lowest BCUT2D eigenvalue weighted by Crippen LogP contribution is -2.09. The maximum atomic E-state index is 5.81. The van der Waals surface area contributed by atoms with Crippen LogP contribution in [0.25, 0.3) is 10.2 Å². The first-order valence-corrected chi connectivity index (χ1v) is 8.30. The maximum absolute atomic E-state index is 5.81. The number of anilines is 1. The summed E-state index contributed by atoms with van der Waals surface area (Å²) in [4.78, 5) is 10.2. The van der Waals surface area contributed by atoms with E-state index < -0.39 is 0 Å². The van der Waals surface area contributed by atoms with Crippen LogP contribution in [0.15, 0.2) is 11.4 Å². The molecule has 2 heterocycles. The van der Waals surface area contributed by atoms with E-state index in [4.69, 9.17) is 4.74 Å². The fraction of sp³-hybridized carbons (Fsp3) is 0.600. The summed E-state index contributed by atoms with van der Waals surface area (Å²) in [5.41, 5.74) is 0. The summed E-state index contributed by atoms with van der Waals surface area (Å²) >= 11 is 1.65. The molecule has 0 aliphatic heterocycles. The van der Waals surface area contributed by atoms with Crippen molar-refractivity contribution in [1.82, 2.24) is 9.97 Å². The van der Waals surface area contributed by atoms with Crippen LogP contribution in [-0.4, -0.2) is 23.1 Å². The molecule has 108 valence electrons. The summed E-state index contributed by atoms with van der Waals surface area (Å²) in [5.74, 6) is 2.46. The first-order valence-electron chi connectivity index (χ1n) is 7.42. The predicted octanol–water partition coefficient (Wildman–Crippen LogP) is 3.83. The van der Waals surface area contributed by atoms with E-state index in [2.05, 4.69) is 33.7 Å². The topological polar surface area (TPSA) is 47.0 Å². The van der Waals surface area contributed by atoms with Crippen LogP contribution in [0, 0.1) is 5.92 Å². The highest BCUT2D eigenvalue weighted by Crippen LogP contribution is 2.26. The first-order chi connectivity index (χ1) is 9.86. The molecule has 0 amide bonds. The maximum Gasteiger partial charge on any atom is 0.158 e. The van der Waals surface area contributed by atoms with Crippen LogP contribution in [0.1, 0.15) is 38.4 Å². The number of hydrogen-bond acceptors (Lipinski definition) is 5. The van der Waals surface area contributed by atoms with Crippen molar-refractivity contribution < 1.29 is 4.74 Å². The summed E-state index contributed by atoms with van der Waals surface area (Å²) < 4.78 is 5.81. The fourth-order valence-electron chi connectivity index (χ4n) is 2.76. The molecule has 2 aromatic rings. The monoisotopic (exact) mass is 291 g/mol. The smallest absolute Gasteiger partial charge is 0.158 e. The van der Waals surface area contributed by atoms with Crippen molar-refractivity contribution in [2.24, 2.45) is 5.92 Å². The third-order valence-electron chi connectivity index (χ3n) is 3.78. The lowest BCUT2D eigenvalue weighted by Gasteiger charge is -2.10. The van der Waals surface area contributed by atoms with E-state index >= 15 is 0 Å². The zero-order valence-electron chi connectivity index (χ0n) is 11.9. The molecule has 0 unspecified atom stereocenters. The number of nitrogens with one attached hydrogen (secondary N) is 1. The SMILES string of the molecule is CCNc1nc(COCC2CCCC2)nc2sccc12. The Bertz CT molecular complexity index is 563. The molecule has 1 N–H and O–H groups in total. The lowest BCUT2D eigenvalue weighted by molar-refractivity contribution is 0.0846. The lowest BCUT2D eigenvalue weighted by atomic mass is 10.1. The Balaban J connectivity index is 1.67. The van der Waals surface area contributed by atoms with Gasteiger partial charge in [0.2, 0.25) is 0 Å². The third kappa shape index (κ3) is 3.10. The summed E-state index contributed by atoms with van der Waals surface area (Å²) in [6.07, 6.45) is 5.34. The third-order valence-corrected chi connectivity index (χ3v) is 4.58. The first kappa shape index (κ1) is 13.8. The van der Waals surface area contributed by atoms with Gasteiger partial charge in [0, 0.05) is 13.2 Å². The van der Waals surface area contributed by atoms with Gasteiger partial charge < -0.3 is 10.1 Å². The molecule has 0 atom stereocenters. The zero-order chi connectivity index (χ0) is 13.8. The van der Waals surface area contributed by atoms with Crippen molar-refractivity contribution in [1.29, 1.82) is 0 Å². The minimum Gasteiger partial charge on any atom is -0.373 e. The number of aromatic nitrogens is 2. The van der Waals surface area contributed by atoms with Crippen LogP contribution in [0.5, 0.6) is 0 Å². The van der Waals surface area contributed by atoms with Crippen LogP contribution in [0.2, 0.25) is 0 Å². The molecule has 0 spiro atoms. The van der Waals surface area contributed by atoms with Gasteiger partial charge in [-0.1, -0.05) is 12.8 Å². The van der Waals surface area contributed by atoms with E-state index in [9.17, 15) is 0 Å². The Morgan fingerprint density at radius 1 is 1.35 bits per heavy atom. The molecule has 3 rings (SSSR count). The van der Waals surface area contributed by atoms with Gasteiger partial charge in [0.15, 0.2) is 5.82 Å². The Hall–Kier alpha value is -1.20. The fourth-order valence-corrected chi connectivity index (χ4v) is 3.54. The molecule has 4 nitrogen and oxygen atoms in total. The molecule has 20 heavy (non-hydrogen) atoms. The Kier molecular flexibility index (Phi) is 4.47. The highest BCUT2D eigenvalue weighted by Gasteiger charge is 2.15. The average Bonchev–Trinajstić information content (AvgIpc) is 3.09. The van der Waals surface area contributed by atoms with Crippen LogP contribution >= 0.6 is 11.3 Å². The van der Waals surface area contributed by atoms with E-state index in [-0.39, 0.29) is 0 Å². The van der Waals surface area contributed by atoms with Gasteiger partial charge in [0.1, 0.15) is 17.3 Å². The minimum atomic E-state index is 0.517. The van der Waals surface area contributed by atoms with Crippen LogP contribution in [0.4, 0.5) is 5.82 Å². The molecule has 1 aliphatic rings. The normalized spacial score (nSPS) is 16.1. The van der Waals surface area contributed by atoms with Gasteiger partial charge in [0.05, 0.1) is 5.39 Å². The van der Waals surface area contributed by atoms with Gasteiger partial charge in [-0.25, -0.2) is 9.97 Å². The highest BCUT2D eigenvalue weighted by molar-refractivity contribution is 7.16. The van der Waals surface area contributed by atoms with Crippen LogP contribution < -0.4 is 5.32 Å². The van der Waals surface area contributed by atoms with Gasteiger partial charge in [-0.3, -0.25) is 0 Å². The van der Waals surface area contributed by atoms with E-state index in [1.54, 1.807) is 11.3 Å². The van der Waals surface area contributed by atoms with E-state index in [1.807, 2.05) is 0 Å². The van der Waals surface area contributed by atoms with Crippen LogP contribution in [0.3, 0.4) is 0 Å². The zero-order valence-corrected chi connectivity index (χ0v) is 12.7. The van der Waals surface area contributed by atoms with Crippen molar-refractivity contribution in [3.05, 3.63) is 17.3 Å². The molecular formula is C15H21N3OS. The summed E-state index contributed by atoms with van der Waals surface area (Å²) in [6.45, 7) is 4.31. The molecule has 1 aliphatic carbocycles. The standard InChI is InChI=1S/C15H21N3OS/c1-2-16-14-12-7-8-20-15(12)18-13(17-14)10-19-9-11-5-3-4-6-11/h7-8,11H,2-6,9-10H2,1H3,(H,16,17,18). The average molecular weight is 291 g/mol. The molecule has 0 bridgehead atoms. The second-order valence-electron chi connectivity index (χ2n) is 5.32. The van der Waals surface area contributed by atoms with Gasteiger partial charge in [-0.15, -0.1) is 11.3 Å². The van der Waals surface area contributed by atoms with E-state index in [1.165, 1.54) is 25.7 Å². The van der Waals surface area contributed by atoms with Crippen molar-refractivity contribution in [2.45, 2.75) is 39.2 Å². The Labute approximate surface area is 123 Å². The van der Waals surface area contributed by atoms with Gasteiger partial charge in [-0.05, 0) is 37.1 Å². The minimum absolute atomic E-state index is 0.517. The number of thiophene rings is 1. The number of fused-ring (bicyclic) bond motifs is 1. The van der Waals surface area contributed by atoms with Crippen molar-refractivity contribution in [3.8, 4) is 0 Å². The van der Waals surface area contributed by atoms with Gasteiger partial charge in [-0.2, -0.15) is 0 Å². The largest absolute Gasteiger partial charge is 0.373 e. The number of rotatable bonds is 6. The van der Waals surface area contributed by atoms with Crippen molar-refractivity contribution in [2.75, 3.05) is 18.5 Å². The summed E-state index contributed by atoms with van der Waals surface area (Å²) in [7, 11) is 0. The number of nitrogens with zero attached hydrogens (tertiary/aromatic N) is 2. The van der Waals surface area contributed by atoms with E-state index in [0.717, 1.165) is 40.9 Å². The molecule has 0 radical (unpaired) electrons. The molecule has 1 saturated carbocycles. The second kappa shape index (κ2) is 6.50. The molecule has 0 aromatic carbocycles. The number of ether oxygens (including phenoxy) is 1. The summed E-state index contributed by atoms with van der Waals surface area (Å²) in [6, 6.07) is 2.07. The Morgan fingerprint density at radius 3 is 3.00 bits per heavy atom. The Morgan fingerprint density at radius 2 is 2.20 bits per heavy atom. The quantitative estimate of drug-likeness (QED) is 0.878. The summed E-state index contributed by atoms with van der Waals surface area (Å²) in [5, 5.41) is 6.48. The molecule has 0 saturated heterocycles. The van der Waals surface area contributed by atoms with Gasteiger partial charge >= 0.3 is 0 Å². The van der Waals surface area contributed by atoms with Crippen molar-refractivity contribution in [3.63, 3.8) is 0 Å². The highest BCUT2D eigenvalue weighted by atomic mass is 32.1. The van der Waals surface area contributed by atoms with Crippen molar-refractivity contribution >= 4 is 27.4 Å². The molecule has 2 aromatic heterocycles. The second-order valence-corrected chi connectivity index (χ2v) is 6.22. The predicted molar refractivity (Wildman–Crippen MR) is 83.2 cm³/mol. The molecule has 5 heteroatoms. The van der Waals surface area contributed by atoms with Crippen LogP contribution in [-0.2, 0) is 11.3 Å².